The fourth-order valence-electron chi connectivity index (χ4n) is 1.36. The molecule has 1 aromatic carbocycles. The molecule has 1 aromatic heterocycles. The number of ether oxygens (including phenoxy) is 1. The number of rotatable bonds is 3. The van der Waals surface area contributed by atoms with Gasteiger partial charge in [-0.2, -0.15) is 0 Å². The fraction of sp³-hybridized carbons (Fsp3) is 0.0833. The van der Waals surface area contributed by atoms with Gasteiger partial charge in [-0.15, -0.1) is 0 Å². The first-order chi connectivity index (χ1) is 8.60. The van der Waals surface area contributed by atoms with Crippen LogP contribution in [0.5, 0.6) is 5.75 Å². The molecule has 0 radical (unpaired) electrons. The van der Waals surface area contributed by atoms with Crippen LogP contribution in [0.1, 0.15) is 0 Å². The predicted octanol–water partition coefficient (Wildman–Crippen LogP) is 4.39. The maximum absolute atomic E-state index is 13.6. The number of hydrogen-bond acceptors (Lipinski definition) is 3. The van der Waals surface area contributed by atoms with E-state index in [1.807, 2.05) is 0 Å². The van der Waals surface area contributed by atoms with E-state index < -0.39 is 5.82 Å². The zero-order valence-electron chi connectivity index (χ0n) is 9.38. The summed E-state index contributed by atoms with van der Waals surface area (Å²) in [6.07, 6.45) is 1.38. The maximum atomic E-state index is 13.6. The largest absolute Gasteiger partial charge is 0.497 e. The van der Waals surface area contributed by atoms with E-state index in [9.17, 15) is 4.39 Å². The van der Waals surface area contributed by atoms with E-state index in [1.165, 1.54) is 12.3 Å². The highest BCUT2D eigenvalue weighted by Gasteiger charge is 2.08. The fourth-order valence-corrected chi connectivity index (χ4v) is 1.85. The van der Waals surface area contributed by atoms with Crippen molar-refractivity contribution in [1.82, 2.24) is 4.98 Å². The third-order valence-corrected chi connectivity index (χ3v) is 3.13. The van der Waals surface area contributed by atoms with Gasteiger partial charge in [-0.1, -0.05) is 11.6 Å². The molecule has 1 N–H and O–H groups in total. The third kappa shape index (κ3) is 2.91. The number of halogens is 3. The molecule has 0 aliphatic rings. The second kappa shape index (κ2) is 5.54. The van der Waals surface area contributed by atoms with Gasteiger partial charge in [-0.05, 0) is 34.1 Å². The number of hydrogen-bond donors (Lipinski definition) is 1. The van der Waals surface area contributed by atoms with Crippen molar-refractivity contribution in [2.75, 3.05) is 12.4 Å². The van der Waals surface area contributed by atoms with Gasteiger partial charge in [0.25, 0.3) is 0 Å². The van der Waals surface area contributed by atoms with Gasteiger partial charge in [0.05, 0.1) is 17.8 Å². The first-order valence-electron chi connectivity index (χ1n) is 5.02. The number of nitrogens with one attached hydrogen (secondary N) is 1. The normalized spacial score (nSPS) is 10.2. The Morgan fingerprint density at radius 3 is 2.83 bits per heavy atom. The SMILES string of the molecule is COc1ccc(Br)c(Nc2ncc(Cl)cc2F)c1. The number of aromatic nitrogens is 1. The monoisotopic (exact) mass is 330 g/mol. The molecule has 0 bridgehead atoms. The molecule has 0 spiro atoms. The number of anilines is 2. The van der Waals surface area contributed by atoms with Gasteiger partial charge in [0.1, 0.15) is 5.75 Å². The zero-order chi connectivity index (χ0) is 13.1. The lowest BCUT2D eigenvalue weighted by Crippen LogP contribution is -1.98. The van der Waals surface area contributed by atoms with Crippen LogP contribution in [0.15, 0.2) is 34.9 Å². The molecular formula is C12H9BrClFN2O. The summed E-state index contributed by atoms with van der Waals surface area (Å²) in [5.74, 6) is 0.251. The van der Waals surface area contributed by atoms with E-state index in [4.69, 9.17) is 16.3 Å². The van der Waals surface area contributed by atoms with E-state index in [0.29, 0.717) is 11.4 Å². The summed E-state index contributed by atoms with van der Waals surface area (Å²) in [6, 6.07) is 6.53. The molecule has 0 unspecified atom stereocenters. The number of methoxy groups -OCH3 is 1. The van der Waals surface area contributed by atoms with Crippen LogP contribution in [-0.2, 0) is 0 Å². The van der Waals surface area contributed by atoms with Crippen molar-refractivity contribution >= 4 is 39.0 Å². The van der Waals surface area contributed by atoms with Gasteiger partial charge in [0.2, 0.25) is 0 Å². The van der Waals surface area contributed by atoms with Gasteiger partial charge in [0.15, 0.2) is 11.6 Å². The first kappa shape index (κ1) is 13.1. The first-order valence-corrected chi connectivity index (χ1v) is 6.19. The molecule has 94 valence electrons. The summed E-state index contributed by atoms with van der Waals surface area (Å²) in [7, 11) is 1.56. The summed E-state index contributed by atoms with van der Waals surface area (Å²) in [6.45, 7) is 0. The van der Waals surface area contributed by atoms with Crippen molar-refractivity contribution in [3.05, 3.63) is 45.8 Å². The van der Waals surface area contributed by atoms with Crippen LogP contribution in [0.2, 0.25) is 5.02 Å². The van der Waals surface area contributed by atoms with Crippen molar-refractivity contribution in [2.24, 2.45) is 0 Å². The Hall–Kier alpha value is -1.33. The van der Waals surface area contributed by atoms with Crippen LogP contribution >= 0.6 is 27.5 Å². The van der Waals surface area contributed by atoms with Gasteiger partial charge >= 0.3 is 0 Å². The topological polar surface area (TPSA) is 34.1 Å². The lowest BCUT2D eigenvalue weighted by molar-refractivity contribution is 0.415. The Labute approximate surface area is 117 Å². The van der Waals surface area contributed by atoms with Gasteiger partial charge in [-0.25, -0.2) is 9.37 Å². The summed E-state index contributed by atoms with van der Waals surface area (Å²) in [5, 5.41) is 3.12. The highest BCUT2D eigenvalue weighted by atomic mass is 79.9. The standard InChI is InChI=1S/C12H9BrClFN2O/c1-18-8-2-3-9(13)11(5-8)17-12-10(15)4-7(14)6-16-12/h2-6H,1H3,(H,16,17). The van der Waals surface area contributed by atoms with E-state index >= 15 is 0 Å². The van der Waals surface area contributed by atoms with Crippen LogP contribution < -0.4 is 10.1 Å². The molecule has 0 aliphatic carbocycles. The molecule has 0 saturated carbocycles. The van der Waals surface area contributed by atoms with Crippen LogP contribution in [0, 0.1) is 5.82 Å². The Balaban J connectivity index is 2.33. The minimum Gasteiger partial charge on any atom is -0.497 e. The Morgan fingerprint density at radius 1 is 1.39 bits per heavy atom. The number of pyridine rings is 1. The zero-order valence-corrected chi connectivity index (χ0v) is 11.7. The van der Waals surface area contributed by atoms with Gasteiger partial charge in [0, 0.05) is 16.7 Å². The smallest absolute Gasteiger partial charge is 0.167 e. The molecule has 0 saturated heterocycles. The summed E-state index contributed by atoms with van der Waals surface area (Å²) in [4.78, 5) is 3.89. The molecule has 1 heterocycles. The molecule has 0 amide bonds. The lowest BCUT2D eigenvalue weighted by atomic mass is 10.3. The van der Waals surface area contributed by atoms with E-state index in [0.717, 1.165) is 4.47 Å². The van der Waals surface area contributed by atoms with E-state index in [1.54, 1.807) is 25.3 Å². The van der Waals surface area contributed by atoms with Crippen molar-refractivity contribution in [3.8, 4) is 5.75 Å². The highest BCUT2D eigenvalue weighted by Crippen LogP contribution is 2.30. The third-order valence-electron chi connectivity index (χ3n) is 2.23. The highest BCUT2D eigenvalue weighted by molar-refractivity contribution is 9.10. The lowest BCUT2D eigenvalue weighted by Gasteiger charge is -2.10. The molecule has 18 heavy (non-hydrogen) atoms. The minimum atomic E-state index is -0.516. The molecule has 0 fully saturated rings. The summed E-state index contributed by atoms with van der Waals surface area (Å²) < 4.78 is 19.5. The molecular weight excluding hydrogens is 322 g/mol. The second-order valence-electron chi connectivity index (χ2n) is 3.45. The predicted molar refractivity (Wildman–Crippen MR) is 73.2 cm³/mol. The van der Waals surface area contributed by atoms with Crippen molar-refractivity contribution in [3.63, 3.8) is 0 Å². The van der Waals surface area contributed by atoms with Crippen LogP contribution in [0.25, 0.3) is 0 Å². The molecule has 6 heteroatoms. The minimum absolute atomic E-state index is 0.105. The van der Waals surface area contributed by atoms with Crippen LogP contribution in [0.3, 0.4) is 0 Å². The Morgan fingerprint density at radius 2 is 2.17 bits per heavy atom. The molecule has 2 aromatic rings. The van der Waals surface area contributed by atoms with Crippen molar-refractivity contribution in [1.29, 1.82) is 0 Å². The quantitative estimate of drug-likeness (QED) is 0.906. The summed E-state index contributed by atoms with van der Waals surface area (Å²) in [5.41, 5.74) is 0.656. The number of nitrogens with zero attached hydrogens (tertiary/aromatic N) is 1. The van der Waals surface area contributed by atoms with Gasteiger partial charge in [-0.3, -0.25) is 0 Å². The van der Waals surface area contributed by atoms with E-state index in [-0.39, 0.29) is 10.8 Å². The van der Waals surface area contributed by atoms with E-state index in [2.05, 4.69) is 26.2 Å². The Bertz CT molecular complexity index is 580. The molecule has 0 atom stereocenters. The number of benzene rings is 1. The van der Waals surface area contributed by atoms with Crippen LogP contribution in [-0.4, -0.2) is 12.1 Å². The van der Waals surface area contributed by atoms with Crippen molar-refractivity contribution < 1.29 is 9.13 Å². The van der Waals surface area contributed by atoms with Crippen molar-refractivity contribution in [2.45, 2.75) is 0 Å². The average Bonchev–Trinajstić information content (AvgIpc) is 2.35. The average molecular weight is 332 g/mol. The maximum Gasteiger partial charge on any atom is 0.167 e. The summed E-state index contributed by atoms with van der Waals surface area (Å²) >= 11 is 9.00. The second-order valence-corrected chi connectivity index (χ2v) is 4.75. The molecule has 2 rings (SSSR count). The van der Waals surface area contributed by atoms with Crippen LogP contribution in [0.4, 0.5) is 15.9 Å². The Kier molecular flexibility index (Phi) is 4.04. The van der Waals surface area contributed by atoms with Gasteiger partial charge < -0.3 is 10.1 Å². The molecule has 0 aliphatic heterocycles. The molecule has 3 nitrogen and oxygen atoms in total.